The minimum atomic E-state index is -4.64. The van der Waals surface area contributed by atoms with E-state index in [0.717, 1.165) is 13.3 Å². The number of amides is 3. The minimum absolute atomic E-state index is 0.114. The van der Waals surface area contributed by atoms with Gasteiger partial charge in [0.1, 0.15) is 17.6 Å². The number of nitrogens with one attached hydrogen (secondary N) is 2. The summed E-state index contributed by atoms with van der Waals surface area (Å²) in [6.07, 6.45) is -0.0946. The van der Waals surface area contributed by atoms with Gasteiger partial charge >= 0.3 is 12.2 Å². The molecule has 38 heavy (non-hydrogen) atoms. The number of hydrogen-bond donors (Lipinski definition) is 2. The van der Waals surface area contributed by atoms with E-state index in [1.165, 1.54) is 17.2 Å². The number of alkyl halides is 3. The lowest BCUT2D eigenvalue weighted by atomic mass is 9.99. The van der Waals surface area contributed by atoms with E-state index in [1.807, 2.05) is 10.2 Å². The van der Waals surface area contributed by atoms with Crippen molar-refractivity contribution in [3.63, 3.8) is 0 Å². The van der Waals surface area contributed by atoms with Gasteiger partial charge in [-0.2, -0.15) is 13.2 Å². The third kappa shape index (κ3) is 4.97. The predicted molar refractivity (Wildman–Crippen MR) is 133 cm³/mol. The maximum Gasteiger partial charge on any atom is 0.408 e. The summed E-state index contributed by atoms with van der Waals surface area (Å²) < 4.78 is 44.6. The molecule has 0 spiro atoms. The van der Waals surface area contributed by atoms with Crippen LogP contribution in [0.25, 0.3) is 11.3 Å². The number of anilines is 3. The molecule has 2 atom stereocenters. The first-order valence-electron chi connectivity index (χ1n) is 11.8. The molecular weight excluding hydrogens is 527 g/mol. The second-order valence-corrected chi connectivity index (χ2v) is 9.52. The zero-order chi connectivity index (χ0) is 27.2. The lowest BCUT2D eigenvalue weighted by Gasteiger charge is -2.45. The van der Waals surface area contributed by atoms with E-state index < -0.39 is 29.9 Å². The van der Waals surface area contributed by atoms with Gasteiger partial charge in [0.25, 0.3) is 5.91 Å². The highest BCUT2D eigenvalue weighted by atomic mass is 35.5. The van der Waals surface area contributed by atoms with E-state index in [4.69, 9.17) is 16.0 Å². The molecule has 10 nitrogen and oxygen atoms in total. The zero-order valence-electron chi connectivity index (χ0n) is 20.3. The first-order chi connectivity index (χ1) is 18.0. The van der Waals surface area contributed by atoms with Crippen LogP contribution in [-0.4, -0.2) is 58.2 Å². The third-order valence-corrected chi connectivity index (χ3v) is 6.73. The molecule has 14 heteroatoms. The summed E-state index contributed by atoms with van der Waals surface area (Å²) in [4.78, 5) is 42.3. The molecule has 0 radical (unpaired) electrons. The zero-order valence-corrected chi connectivity index (χ0v) is 21.1. The van der Waals surface area contributed by atoms with Gasteiger partial charge in [-0.15, -0.1) is 0 Å². The van der Waals surface area contributed by atoms with Crippen LogP contribution in [0.2, 0.25) is 5.02 Å². The number of aromatic nitrogens is 3. The minimum Gasteiger partial charge on any atom is -0.441 e. The third-order valence-electron chi connectivity index (χ3n) is 6.44. The fraction of sp³-hybridized carbons (Fsp3) is 0.375. The average Bonchev–Trinajstić information content (AvgIpc) is 3.30. The Morgan fingerprint density at radius 1 is 1.26 bits per heavy atom. The summed E-state index contributed by atoms with van der Waals surface area (Å²) in [5.41, 5.74) is 0.767. The maximum absolute atomic E-state index is 13.6. The Hall–Kier alpha value is -3.87. The smallest absolute Gasteiger partial charge is 0.408 e. The van der Waals surface area contributed by atoms with Crippen LogP contribution in [0.3, 0.4) is 0 Å². The number of urea groups is 1. The summed E-state index contributed by atoms with van der Waals surface area (Å²) in [6, 6.07) is 1.85. The molecule has 3 aromatic heterocycles. The Kier molecular flexibility index (Phi) is 6.63. The van der Waals surface area contributed by atoms with Gasteiger partial charge in [-0.25, -0.2) is 19.7 Å². The number of carbonyl (C=O) groups is 2. The first kappa shape index (κ1) is 25.8. The number of fused-ring (bicyclic) bond motifs is 4. The quantitative estimate of drug-likeness (QED) is 0.480. The van der Waals surface area contributed by atoms with E-state index in [-0.39, 0.29) is 22.7 Å². The van der Waals surface area contributed by atoms with E-state index in [2.05, 4.69) is 20.3 Å². The van der Waals surface area contributed by atoms with Crippen LogP contribution in [0.5, 0.6) is 0 Å². The van der Waals surface area contributed by atoms with Gasteiger partial charge in [0.05, 0.1) is 22.9 Å². The van der Waals surface area contributed by atoms with Crippen molar-refractivity contribution in [2.24, 2.45) is 0 Å². The summed E-state index contributed by atoms with van der Waals surface area (Å²) in [5.74, 6) is 0.280. The van der Waals surface area contributed by atoms with Crippen molar-refractivity contribution < 1.29 is 27.2 Å². The van der Waals surface area contributed by atoms with Crippen molar-refractivity contribution >= 4 is 40.9 Å². The van der Waals surface area contributed by atoms with Gasteiger partial charge in [0.15, 0.2) is 17.5 Å². The molecule has 1 saturated heterocycles. The van der Waals surface area contributed by atoms with Crippen LogP contribution in [-0.2, 0) is 0 Å². The maximum atomic E-state index is 13.6. The van der Waals surface area contributed by atoms with E-state index >= 15 is 0 Å². The van der Waals surface area contributed by atoms with Crippen molar-refractivity contribution in [3.8, 4) is 11.3 Å². The SMILES string of the molecule is Cc1ncc(-c2ccnc(NC(=O)N3c4nc(C(=O)N[C@H](C)C(F)(F)F)c(Cl)cc4N4CCC[C@H]3C4)c2)o1. The number of rotatable bonds is 4. The lowest BCUT2D eigenvalue weighted by molar-refractivity contribution is -0.149. The van der Waals surface area contributed by atoms with Gasteiger partial charge in [-0.1, -0.05) is 11.6 Å². The molecule has 2 aliphatic rings. The summed E-state index contributed by atoms with van der Waals surface area (Å²) in [6.45, 7) is 3.74. The van der Waals surface area contributed by atoms with Crippen molar-refractivity contribution in [1.29, 1.82) is 0 Å². The molecule has 200 valence electrons. The van der Waals surface area contributed by atoms with Crippen molar-refractivity contribution in [2.45, 2.75) is 44.9 Å². The van der Waals surface area contributed by atoms with Crippen LogP contribution in [0, 0.1) is 6.92 Å². The molecule has 0 saturated carbocycles. The Balaban J connectivity index is 1.47. The Morgan fingerprint density at radius 2 is 2.05 bits per heavy atom. The highest BCUT2D eigenvalue weighted by Crippen LogP contribution is 2.40. The number of piperidine rings is 1. The van der Waals surface area contributed by atoms with Crippen LogP contribution < -0.4 is 20.4 Å². The molecule has 1 fully saturated rings. The Morgan fingerprint density at radius 3 is 2.76 bits per heavy atom. The molecule has 2 bridgehead atoms. The standard InChI is InChI=1S/C24H23ClF3N7O3/c1-12(24(26,27)28)31-22(36)20-16(25)9-17-21(33-20)35(15-4-3-7-34(17)11-15)23(37)32-19-8-14(5-6-29-19)18-10-30-13(2)38-18/h5-6,8-10,12,15H,3-4,7,11H2,1-2H3,(H,31,36)(H,29,32,37)/t12-,15+/m1/s1. The molecule has 0 unspecified atom stereocenters. The molecular formula is C24H23ClF3N7O3. The van der Waals surface area contributed by atoms with Gasteiger partial charge < -0.3 is 14.6 Å². The monoisotopic (exact) mass is 549 g/mol. The van der Waals surface area contributed by atoms with Crippen LogP contribution >= 0.6 is 11.6 Å². The highest BCUT2D eigenvalue weighted by Gasteiger charge is 2.41. The summed E-state index contributed by atoms with van der Waals surface area (Å²) in [5, 5.41) is 4.52. The fourth-order valence-corrected chi connectivity index (χ4v) is 4.75. The van der Waals surface area contributed by atoms with Gasteiger partial charge in [-0.3, -0.25) is 15.0 Å². The largest absolute Gasteiger partial charge is 0.441 e. The Labute approximate surface area is 220 Å². The average molecular weight is 550 g/mol. The van der Waals surface area contributed by atoms with Gasteiger partial charge in [-0.05, 0) is 38.0 Å². The van der Waals surface area contributed by atoms with Crippen LogP contribution in [0.15, 0.2) is 35.0 Å². The van der Waals surface area contributed by atoms with E-state index in [0.29, 0.717) is 42.4 Å². The van der Waals surface area contributed by atoms with Crippen molar-refractivity contribution in [2.75, 3.05) is 28.2 Å². The number of aryl methyl sites for hydroxylation is 1. The number of carbonyl (C=O) groups excluding carboxylic acids is 2. The second kappa shape index (κ2) is 9.78. The van der Waals surface area contributed by atoms with E-state index in [9.17, 15) is 22.8 Å². The molecule has 0 aliphatic carbocycles. The fourth-order valence-electron chi connectivity index (χ4n) is 4.52. The number of oxazole rings is 1. The summed E-state index contributed by atoms with van der Waals surface area (Å²) in [7, 11) is 0. The van der Waals surface area contributed by atoms with Crippen molar-refractivity contribution in [3.05, 3.63) is 47.2 Å². The molecule has 0 aromatic carbocycles. The molecule has 2 aliphatic heterocycles. The number of pyridine rings is 2. The second-order valence-electron chi connectivity index (χ2n) is 9.11. The molecule has 3 amide bonds. The topological polar surface area (TPSA) is 116 Å². The number of halogens is 4. The normalized spacial score (nSPS) is 17.6. The summed E-state index contributed by atoms with van der Waals surface area (Å²) >= 11 is 6.29. The first-order valence-corrected chi connectivity index (χ1v) is 12.2. The van der Waals surface area contributed by atoms with Crippen molar-refractivity contribution in [1.82, 2.24) is 20.3 Å². The lowest BCUT2D eigenvalue weighted by Crippen LogP contribution is -2.56. The van der Waals surface area contributed by atoms with Crippen LogP contribution in [0.1, 0.15) is 36.1 Å². The van der Waals surface area contributed by atoms with Gasteiger partial charge in [0.2, 0.25) is 0 Å². The van der Waals surface area contributed by atoms with E-state index in [1.54, 1.807) is 25.3 Å². The Bertz CT molecular complexity index is 1400. The molecule has 5 heterocycles. The molecule has 2 N–H and O–H groups in total. The molecule has 5 rings (SSSR count). The predicted octanol–water partition coefficient (Wildman–Crippen LogP) is 4.79. The van der Waals surface area contributed by atoms with Crippen LogP contribution in [0.4, 0.5) is 35.3 Å². The van der Waals surface area contributed by atoms with Gasteiger partial charge in [0, 0.05) is 31.8 Å². The molecule has 3 aromatic rings. The highest BCUT2D eigenvalue weighted by molar-refractivity contribution is 6.34. The number of hydrogen-bond acceptors (Lipinski definition) is 7. The number of nitrogens with zero attached hydrogens (tertiary/aromatic N) is 5.